The first-order valence-corrected chi connectivity index (χ1v) is 15.3. The molecule has 0 atom stereocenters. The summed E-state index contributed by atoms with van der Waals surface area (Å²) >= 11 is -0.0793. The number of hydrogen-bond donors (Lipinski definition) is 0. The van der Waals surface area contributed by atoms with Crippen molar-refractivity contribution in [2.24, 2.45) is 0 Å². The molecule has 0 heterocycles. The molecule has 0 aliphatic heterocycles. The zero-order valence-electron chi connectivity index (χ0n) is 21.6. The molecule has 0 aromatic heterocycles. The van der Waals surface area contributed by atoms with E-state index in [2.05, 4.69) is 90.1 Å². The number of nitro groups is 1. The molecule has 0 fully saturated rings. The topological polar surface area (TPSA) is 100 Å². The van der Waals surface area contributed by atoms with Gasteiger partial charge in [0.2, 0.25) is 0 Å². The SMILES string of the molecule is CCC(C)(C)c1ccc([I+]c2ccc(C(C)(C)CC)cc2)cc1.O=[N+]([O-])c1cccc(S(=O)(=O)[O-])c1. The summed E-state index contributed by atoms with van der Waals surface area (Å²) < 4.78 is 34.3. The van der Waals surface area contributed by atoms with Gasteiger partial charge in [0, 0.05) is 12.1 Å². The minimum absolute atomic E-state index is 0.0793. The maximum absolute atomic E-state index is 10.4. The Labute approximate surface area is 225 Å². The third-order valence-corrected chi connectivity index (χ3v) is 10.1. The van der Waals surface area contributed by atoms with E-state index >= 15 is 0 Å². The summed E-state index contributed by atoms with van der Waals surface area (Å²) in [5.41, 5.74) is 3.05. The van der Waals surface area contributed by atoms with Crippen LogP contribution in [0.5, 0.6) is 0 Å². The Kier molecular flexibility index (Phi) is 10.2. The molecule has 194 valence electrons. The summed E-state index contributed by atoms with van der Waals surface area (Å²) in [7, 11) is -4.61. The lowest BCUT2D eigenvalue weighted by molar-refractivity contribution is -0.597. The van der Waals surface area contributed by atoms with Crippen LogP contribution in [0, 0.1) is 17.3 Å². The third-order valence-electron chi connectivity index (χ3n) is 6.55. The number of non-ortho nitro benzene ring substituents is 1. The predicted octanol–water partition coefficient (Wildman–Crippen LogP) is 3.69. The van der Waals surface area contributed by atoms with E-state index in [-0.39, 0.29) is 32.0 Å². The zero-order chi connectivity index (χ0) is 27.1. The fourth-order valence-corrected chi connectivity index (χ4v) is 5.88. The summed E-state index contributed by atoms with van der Waals surface area (Å²) in [4.78, 5) is 8.82. The van der Waals surface area contributed by atoms with Crippen molar-refractivity contribution in [3.63, 3.8) is 0 Å². The Bertz CT molecular complexity index is 1210. The number of nitro benzene ring substituents is 1. The Morgan fingerprint density at radius 2 is 1.19 bits per heavy atom. The van der Waals surface area contributed by atoms with Gasteiger partial charge >= 0.3 is 21.2 Å². The number of hydrogen-bond acceptors (Lipinski definition) is 5. The van der Waals surface area contributed by atoms with Gasteiger partial charge < -0.3 is 4.55 Å². The third kappa shape index (κ3) is 8.38. The predicted molar refractivity (Wildman–Crippen MR) is 138 cm³/mol. The van der Waals surface area contributed by atoms with Gasteiger partial charge in [-0.05, 0) is 65.1 Å². The molecule has 3 rings (SSSR count). The highest BCUT2D eigenvalue weighted by molar-refractivity contribution is 7.85. The molecule has 0 aliphatic carbocycles. The molecule has 0 unspecified atom stereocenters. The Hall–Kier alpha value is -2.30. The van der Waals surface area contributed by atoms with E-state index < -0.39 is 25.6 Å². The smallest absolute Gasteiger partial charge is 0.357 e. The average Bonchev–Trinajstić information content (AvgIpc) is 2.84. The lowest BCUT2D eigenvalue weighted by atomic mass is 9.82. The van der Waals surface area contributed by atoms with Crippen molar-refractivity contribution in [2.75, 3.05) is 0 Å². The molecular formula is C28H34INO5S. The highest BCUT2D eigenvalue weighted by atomic mass is 127. The van der Waals surface area contributed by atoms with Crippen LogP contribution in [0.2, 0.25) is 0 Å². The van der Waals surface area contributed by atoms with Crippen LogP contribution in [-0.2, 0) is 20.9 Å². The van der Waals surface area contributed by atoms with Crippen LogP contribution in [0.15, 0.2) is 77.7 Å². The molecule has 0 radical (unpaired) electrons. The number of nitrogens with zero attached hydrogens (tertiary/aromatic N) is 1. The Morgan fingerprint density at radius 1 is 0.778 bits per heavy atom. The van der Waals surface area contributed by atoms with E-state index in [1.807, 2.05) is 0 Å². The first-order chi connectivity index (χ1) is 16.7. The molecule has 0 amide bonds. The number of halogens is 1. The van der Waals surface area contributed by atoms with Crippen molar-refractivity contribution in [1.29, 1.82) is 0 Å². The van der Waals surface area contributed by atoms with Gasteiger partial charge in [-0.2, -0.15) is 0 Å². The number of benzene rings is 3. The maximum Gasteiger partial charge on any atom is 0.357 e. The second-order valence-corrected chi connectivity index (χ2v) is 14.2. The fraction of sp³-hybridized carbons (Fsp3) is 0.357. The molecule has 0 aliphatic rings. The largest absolute Gasteiger partial charge is 0.744 e. The van der Waals surface area contributed by atoms with E-state index in [4.69, 9.17) is 0 Å². The highest BCUT2D eigenvalue weighted by Gasteiger charge is 2.22. The van der Waals surface area contributed by atoms with E-state index in [0.29, 0.717) is 0 Å². The quantitative estimate of drug-likeness (QED) is 0.165. The highest BCUT2D eigenvalue weighted by Crippen LogP contribution is 2.26. The molecule has 36 heavy (non-hydrogen) atoms. The zero-order valence-corrected chi connectivity index (χ0v) is 24.6. The van der Waals surface area contributed by atoms with Gasteiger partial charge in [-0.3, -0.25) is 10.1 Å². The van der Waals surface area contributed by atoms with Crippen LogP contribution in [0.4, 0.5) is 5.69 Å². The summed E-state index contributed by atoms with van der Waals surface area (Å²) in [6, 6.07) is 22.6. The molecule has 3 aromatic carbocycles. The van der Waals surface area contributed by atoms with Crippen LogP contribution >= 0.6 is 0 Å². The molecular weight excluding hydrogens is 589 g/mol. The van der Waals surface area contributed by atoms with Gasteiger partial charge in [-0.15, -0.1) is 0 Å². The van der Waals surface area contributed by atoms with Gasteiger partial charge in [-0.1, -0.05) is 71.9 Å². The minimum Gasteiger partial charge on any atom is -0.744 e. The van der Waals surface area contributed by atoms with Crippen LogP contribution in [0.3, 0.4) is 0 Å². The van der Waals surface area contributed by atoms with E-state index in [1.165, 1.54) is 31.1 Å². The Balaban J connectivity index is 0.000000297. The normalized spacial score (nSPS) is 12.0. The summed E-state index contributed by atoms with van der Waals surface area (Å²) in [5, 5.41) is 10.2. The first kappa shape index (κ1) is 29.9. The molecule has 8 heteroatoms. The first-order valence-electron chi connectivity index (χ1n) is 11.8. The van der Waals surface area contributed by atoms with Crippen molar-refractivity contribution < 1.29 is 39.1 Å². The maximum atomic E-state index is 10.4. The molecule has 0 saturated heterocycles. The van der Waals surface area contributed by atoms with Crippen LogP contribution in [0.25, 0.3) is 0 Å². The average molecular weight is 624 g/mol. The fourth-order valence-electron chi connectivity index (χ4n) is 3.21. The van der Waals surface area contributed by atoms with E-state index in [9.17, 15) is 23.1 Å². The summed E-state index contributed by atoms with van der Waals surface area (Å²) in [6.07, 6.45) is 2.35. The lowest BCUT2D eigenvalue weighted by Gasteiger charge is -2.23. The molecule has 6 nitrogen and oxygen atoms in total. The van der Waals surface area contributed by atoms with Crippen molar-refractivity contribution >= 4 is 15.8 Å². The second-order valence-electron chi connectivity index (χ2n) is 9.79. The monoisotopic (exact) mass is 623 g/mol. The van der Waals surface area contributed by atoms with Crippen molar-refractivity contribution in [2.45, 2.75) is 70.1 Å². The van der Waals surface area contributed by atoms with E-state index in [0.717, 1.165) is 24.3 Å². The number of rotatable bonds is 8. The van der Waals surface area contributed by atoms with E-state index in [1.54, 1.807) is 0 Å². The van der Waals surface area contributed by atoms with Crippen molar-refractivity contribution in [3.8, 4) is 0 Å². The molecule has 0 spiro atoms. The summed E-state index contributed by atoms with van der Waals surface area (Å²) in [6.45, 7) is 13.8. The van der Waals surface area contributed by atoms with Gasteiger partial charge in [-0.25, -0.2) is 8.42 Å². The Morgan fingerprint density at radius 3 is 1.53 bits per heavy atom. The molecule has 0 saturated carbocycles. The lowest BCUT2D eigenvalue weighted by Crippen LogP contribution is -3.61. The van der Waals surface area contributed by atoms with Crippen molar-refractivity contribution in [3.05, 3.63) is 101 Å². The van der Waals surface area contributed by atoms with Crippen LogP contribution in [0.1, 0.15) is 65.5 Å². The molecule has 0 N–H and O–H groups in total. The van der Waals surface area contributed by atoms with Crippen molar-refractivity contribution in [1.82, 2.24) is 0 Å². The second kappa shape index (κ2) is 12.3. The molecule has 3 aromatic rings. The standard InChI is InChI=1S/C22H30I.C6H5NO5S/c1-7-21(3,4)17-9-13-19(14-10-17)23-20-15-11-18(12-16-20)22(5,6)8-2;8-7(9)5-2-1-3-6(4-5)13(10,11)12/h9-16H,7-8H2,1-6H3;1-4H,(H,10,11,12)/q+1;/p-1. The van der Waals surface area contributed by atoms with Gasteiger partial charge in [0.05, 0.1) is 9.82 Å². The van der Waals surface area contributed by atoms with Gasteiger partial charge in [0.25, 0.3) is 5.69 Å². The minimum atomic E-state index is -4.61. The summed E-state index contributed by atoms with van der Waals surface area (Å²) in [5.74, 6) is 0. The van der Waals surface area contributed by atoms with Crippen LogP contribution in [-0.4, -0.2) is 17.9 Å². The van der Waals surface area contributed by atoms with Crippen LogP contribution < -0.4 is 21.2 Å². The van der Waals surface area contributed by atoms with Gasteiger partial charge in [0.15, 0.2) is 7.14 Å². The van der Waals surface area contributed by atoms with Gasteiger partial charge in [0.1, 0.15) is 10.1 Å². The molecule has 0 bridgehead atoms.